The summed E-state index contributed by atoms with van der Waals surface area (Å²) >= 11 is 0. The van der Waals surface area contributed by atoms with Crippen molar-refractivity contribution in [3.05, 3.63) is 48.4 Å². The molecule has 1 aliphatic heterocycles. The monoisotopic (exact) mass is 378 g/mol. The van der Waals surface area contributed by atoms with Crippen LogP contribution in [0.3, 0.4) is 0 Å². The van der Waals surface area contributed by atoms with Crippen LogP contribution in [0.5, 0.6) is 5.75 Å². The third-order valence-corrected chi connectivity index (χ3v) is 6.09. The minimum Gasteiger partial charge on any atom is -0.492 e. The van der Waals surface area contributed by atoms with Crippen LogP contribution in [0.2, 0.25) is 0 Å². The van der Waals surface area contributed by atoms with E-state index in [4.69, 9.17) is 9.15 Å². The molecule has 140 valence electrons. The molecule has 8 heteroatoms. The summed E-state index contributed by atoms with van der Waals surface area (Å²) in [4.78, 5) is 12.0. The molecular formula is C18H22N2O5S. The molecule has 1 saturated heterocycles. The molecule has 0 spiro atoms. The highest BCUT2D eigenvalue weighted by atomic mass is 32.2. The summed E-state index contributed by atoms with van der Waals surface area (Å²) in [6.07, 6.45) is 4.33. The summed E-state index contributed by atoms with van der Waals surface area (Å²) in [5.74, 6) is 0.494. The van der Waals surface area contributed by atoms with Gasteiger partial charge in [-0.3, -0.25) is 4.79 Å². The molecule has 0 bridgehead atoms. The van der Waals surface area contributed by atoms with E-state index in [0.717, 1.165) is 19.3 Å². The number of sulfonamides is 1. The normalized spacial score (nSPS) is 15.5. The predicted molar refractivity (Wildman–Crippen MR) is 95.6 cm³/mol. The summed E-state index contributed by atoms with van der Waals surface area (Å²) in [5, 5.41) is 2.67. The molecule has 1 N–H and O–H groups in total. The van der Waals surface area contributed by atoms with Crippen LogP contribution >= 0.6 is 0 Å². The molecule has 2 aromatic rings. The molecule has 7 nitrogen and oxygen atoms in total. The van der Waals surface area contributed by atoms with Gasteiger partial charge in [-0.05, 0) is 49.2 Å². The van der Waals surface area contributed by atoms with Crippen LogP contribution in [0.15, 0.2) is 52.0 Å². The lowest BCUT2D eigenvalue weighted by atomic mass is 10.2. The van der Waals surface area contributed by atoms with E-state index in [0.29, 0.717) is 25.4 Å². The summed E-state index contributed by atoms with van der Waals surface area (Å²) in [5.41, 5.74) is 0. The number of hydrogen-bond donors (Lipinski definition) is 1. The van der Waals surface area contributed by atoms with Crippen molar-refractivity contribution in [3.8, 4) is 5.75 Å². The Hall–Kier alpha value is -2.32. The van der Waals surface area contributed by atoms with Crippen molar-refractivity contribution in [2.45, 2.75) is 24.2 Å². The number of ether oxygens (including phenoxy) is 1. The fourth-order valence-electron chi connectivity index (χ4n) is 2.79. The van der Waals surface area contributed by atoms with E-state index in [9.17, 15) is 13.2 Å². The Morgan fingerprint density at radius 1 is 1.12 bits per heavy atom. The number of carbonyl (C=O) groups is 1. The molecule has 1 aromatic carbocycles. The number of piperidine rings is 1. The van der Waals surface area contributed by atoms with Crippen LogP contribution in [0.1, 0.15) is 29.8 Å². The number of hydrogen-bond acceptors (Lipinski definition) is 5. The maximum absolute atomic E-state index is 12.6. The Balaban J connectivity index is 1.49. The minimum atomic E-state index is -3.43. The number of carbonyl (C=O) groups excluding carboxylic acids is 1. The molecule has 0 saturated carbocycles. The van der Waals surface area contributed by atoms with Crippen LogP contribution in [-0.2, 0) is 10.0 Å². The Labute approximate surface area is 153 Å². The quantitative estimate of drug-likeness (QED) is 0.747. The van der Waals surface area contributed by atoms with Gasteiger partial charge in [-0.2, -0.15) is 4.31 Å². The Morgan fingerprint density at radius 2 is 1.85 bits per heavy atom. The van der Waals surface area contributed by atoms with Crippen molar-refractivity contribution in [1.82, 2.24) is 9.62 Å². The minimum absolute atomic E-state index is 0.247. The molecule has 1 aliphatic rings. The molecule has 0 radical (unpaired) electrons. The SMILES string of the molecule is O=C(NCCOc1ccc(S(=O)(=O)N2CCCCC2)cc1)c1ccco1. The average Bonchev–Trinajstić information content (AvgIpc) is 3.21. The zero-order valence-electron chi connectivity index (χ0n) is 14.4. The molecule has 0 unspecified atom stereocenters. The fourth-order valence-corrected chi connectivity index (χ4v) is 4.31. The second-order valence-electron chi connectivity index (χ2n) is 6.02. The van der Waals surface area contributed by atoms with Crippen molar-refractivity contribution in [2.75, 3.05) is 26.2 Å². The zero-order valence-corrected chi connectivity index (χ0v) is 15.2. The van der Waals surface area contributed by atoms with E-state index < -0.39 is 10.0 Å². The van der Waals surface area contributed by atoms with Crippen LogP contribution in [0.4, 0.5) is 0 Å². The molecule has 0 aliphatic carbocycles. The van der Waals surface area contributed by atoms with Crippen LogP contribution in [0, 0.1) is 0 Å². The van der Waals surface area contributed by atoms with Crippen LogP contribution in [-0.4, -0.2) is 44.9 Å². The van der Waals surface area contributed by atoms with Gasteiger partial charge in [0, 0.05) is 13.1 Å². The molecule has 1 aromatic heterocycles. The van der Waals surface area contributed by atoms with Crippen molar-refractivity contribution in [3.63, 3.8) is 0 Å². The fraction of sp³-hybridized carbons (Fsp3) is 0.389. The summed E-state index contributed by atoms with van der Waals surface area (Å²) in [6, 6.07) is 9.60. The first-order valence-electron chi connectivity index (χ1n) is 8.62. The number of benzene rings is 1. The largest absolute Gasteiger partial charge is 0.492 e. The van der Waals surface area contributed by atoms with E-state index >= 15 is 0 Å². The second kappa shape index (κ2) is 8.37. The molecule has 1 fully saturated rings. The highest BCUT2D eigenvalue weighted by Gasteiger charge is 2.25. The molecule has 1 amide bonds. The van der Waals surface area contributed by atoms with E-state index in [2.05, 4.69) is 5.32 Å². The average molecular weight is 378 g/mol. The van der Waals surface area contributed by atoms with Crippen molar-refractivity contribution in [2.24, 2.45) is 0 Å². The van der Waals surface area contributed by atoms with Gasteiger partial charge >= 0.3 is 0 Å². The van der Waals surface area contributed by atoms with Gasteiger partial charge < -0.3 is 14.5 Å². The molecular weight excluding hydrogens is 356 g/mol. The Kier molecular flexibility index (Phi) is 5.95. The third-order valence-electron chi connectivity index (χ3n) is 4.18. The van der Waals surface area contributed by atoms with Gasteiger partial charge in [0.25, 0.3) is 5.91 Å². The number of furan rings is 1. The first kappa shape index (κ1) is 18.5. The zero-order chi connectivity index (χ0) is 18.4. The van der Waals surface area contributed by atoms with Crippen molar-refractivity contribution >= 4 is 15.9 Å². The maximum Gasteiger partial charge on any atom is 0.287 e. The first-order chi connectivity index (χ1) is 12.6. The number of rotatable bonds is 7. The van der Waals surface area contributed by atoms with Gasteiger partial charge in [0.1, 0.15) is 12.4 Å². The lowest BCUT2D eigenvalue weighted by Crippen LogP contribution is -2.35. The van der Waals surface area contributed by atoms with Gasteiger partial charge in [0.15, 0.2) is 5.76 Å². The van der Waals surface area contributed by atoms with Gasteiger partial charge in [-0.15, -0.1) is 0 Å². The first-order valence-corrected chi connectivity index (χ1v) is 10.1. The van der Waals surface area contributed by atoms with Crippen molar-refractivity contribution < 1.29 is 22.4 Å². The van der Waals surface area contributed by atoms with Gasteiger partial charge in [0.2, 0.25) is 10.0 Å². The van der Waals surface area contributed by atoms with E-state index in [-0.39, 0.29) is 23.2 Å². The maximum atomic E-state index is 12.6. The number of nitrogens with one attached hydrogen (secondary N) is 1. The number of nitrogens with zero attached hydrogens (tertiary/aromatic N) is 1. The Morgan fingerprint density at radius 3 is 2.50 bits per heavy atom. The summed E-state index contributed by atoms with van der Waals surface area (Å²) in [7, 11) is -3.43. The van der Waals surface area contributed by atoms with Gasteiger partial charge in [0.05, 0.1) is 17.7 Å². The summed E-state index contributed by atoms with van der Waals surface area (Å²) in [6.45, 7) is 1.74. The van der Waals surface area contributed by atoms with Gasteiger partial charge in [-0.1, -0.05) is 6.42 Å². The van der Waals surface area contributed by atoms with Crippen molar-refractivity contribution in [1.29, 1.82) is 0 Å². The van der Waals surface area contributed by atoms with Crippen LogP contribution < -0.4 is 10.1 Å². The Bertz CT molecular complexity index is 810. The molecule has 26 heavy (non-hydrogen) atoms. The topological polar surface area (TPSA) is 88.8 Å². The highest BCUT2D eigenvalue weighted by molar-refractivity contribution is 7.89. The van der Waals surface area contributed by atoms with Crippen LogP contribution in [0.25, 0.3) is 0 Å². The standard InChI is InChI=1S/C18H22N2O5S/c21-18(17-5-4-13-25-17)19-10-14-24-15-6-8-16(9-7-15)26(22,23)20-11-2-1-3-12-20/h4-9,13H,1-3,10-12,14H2,(H,19,21). The highest BCUT2D eigenvalue weighted by Crippen LogP contribution is 2.22. The number of amides is 1. The second-order valence-corrected chi connectivity index (χ2v) is 7.96. The molecule has 0 atom stereocenters. The molecule has 2 heterocycles. The van der Waals surface area contributed by atoms with Gasteiger partial charge in [-0.25, -0.2) is 8.42 Å². The van der Waals surface area contributed by atoms with E-state index in [1.165, 1.54) is 10.6 Å². The van der Waals surface area contributed by atoms with E-state index in [1.807, 2.05) is 0 Å². The molecule has 3 rings (SSSR count). The third kappa shape index (κ3) is 4.44. The summed E-state index contributed by atoms with van der Waals surface area (Å²) < 4.78 is 37.2. The smallest absolute Gasteiger partial charge is 0.287 e. The lowest BCUT2D eigenvalue weighted by Gasteiger charge is -2.25. The van der Waals surface area contributed by atoms with E-state index in [1.54, 1.807) is 36.4 Å². The predicted octanol–water partition coefficient (Wildman–Crippen LogP) is 2.26. The lowest BCUT2D eigenvalue weighted by molar-refractivity contribution is 0.0919.